The monoisotopic (exact) mass is 274 g/mol. The Bertz CT molecular complexity index is 579. The summed E-state index contributed by atoms with van der Waals surface area (Å²) >= 11 is 1.58. The topological polar surface area (TPSA) is 63.7 Å². The normalized spacial score (nSPS) is 18.5. The molecule has 0 amide bonds. The number of ether oxygens (including phenoxy) is 1. The van der Waals surface area contributed by atoms with E-state index in [2.05, 4.69) is 9.98 Å². The molecule has 1 aromatic heterocycles. The largest absolute Gasteiger partial charge is 0.497 e. The fourth-order valence-corrected chi connectivity index (χ4v) is 2.77. The van der Waals surface area contributed by atoms with Crippen molar-refractivity contribution in [2.45, 2.75) is 6.04 Å². The first-order valence-corrected chi connectivity index (χ1v) is 6.85. The lowest BCUT2D eigenvalue weighted by atomic mass is 10.2. The Balaban J connectivity index is 1.93. The third-order valence-corrected chi connectivity index (χ3v) is 3.73. The van der Waals surface area contributed by atoms with Crippen LogP contribution in [0.1, 0.15) is 11.7 Å². The highest BCUT2D eigenvalue weighted by Crippen LogP contribution is 2.31. The second-order valence-electron chi connectivity index (χ2n) is 4.20. The van der Waals surface area contributed by atoms with Crippen LogP contribution in [0.25, 0.3) is 0 Å². The number of hydrogen-bond acceptors (Lipinski definition) is 6. The number of hydrogen-bond donors (Lipinski definition) is 1. The minimum atomic E-state index is 0.0830. The summed E-state index contributed by atoms with van der Waals surface area (Å²) in [4.78, 5) is 10.7. The van der Waals surface area contributed by atoms with E-state index < -0.39 is 0 Å². The van der Waals surface area contributed by atoms with Crippen molar-refractivity contribution in [1.29, 1.82) is 0 Å². The second-order valence-corrected chi connectivity index (χ2v) is 4.91. The molecule has 1 aliphatic rings. The number of guanidine groups is 1. The molecule has 1 unspecified atom stereocenters. The van der Waals surface area contributed by atoms with Gasteiger partial charge in [0, 0.05) is 11.1 Å². The quantitative estimate of drug-likeness (QED) is 0.930. The first kappa shape index (κ1) is 12.0. The molecule has 0 saturated carbocycles. The molecule has 0 saturated heterocycles. The summed E-state index contributed by atoms with van der Waals surface area (Å²) in [5.41, 5.74) is 9.83. The number of aromatic nitrogens is 1. The second kappa shape index (κ2) is 4.89. The van der Waals surface area contributed by atoms with Crippen LogP contribution in [0, 0.1) is 0 Å². The molecule has 0 aliphatic carbocycles. The molecule has 2 N–H and O–H groups in total. The van der Waals surface area contributed by atoms with Crippen molar-refractivity contribution < 1.29 is 4.74 Å². The van der Waals surface area contributed by atoms with Gasteiger partial charge in [-0.1, -0.05) is 0 Å². The fourth-order valence-electron chi connectivity index (χ4n) is 2.16. The molecule has 19 heavy (non-hydrogen) atoms. The van der Waals surface area contributed by atoms with E-state index in [4.69, 9.17) is 10.5 Å². The van der Waals surface area contributed by atoms with E-state index >= 15 is 0 Å². The zero-order valence-electron chi connectivity index (χ0n) is 10.5. The Labute approximate surface area is 115 Å². The van der Waals surface area contributed by atoms with Crippen LogP contribution in [0.3, 0.4) is 0 Å². The molecule has 1 aromatic carbocycles. The van der Waals surface area contributed by atoms with Gasteiger partial charge in [0.15, 0.2) is 5.96 Å². The van der Waals surface area contributed by atoms with E-state index in [1.54, 1.807) is 18.4 Å². The van der Waals surface area contributed by atoms with E-state index in [0.717, 1.165) is 17.1 Å². The molecule has 3 rings (SSSR count). The number of anilines is 1. The van der Waals surface area contributed by atoms with E-state index in [-0.39, 0.29) is 6.04 Å². The third kappa shape index (κ3) is 2.15. The minimum absolute atomic E-state index is 0.0830. The first-order chi connectivity index (χ1) is 9.29. The number of aliphatic imine (C=N–C) groups is 1. The number of nitrogens with two attached hydrogens (primary N) is 1. The van der Waals surface area contributed by atoms with Crippen LogP contribution in [0.4, 0.5) is 5.69 Å². The van der Waals surface area contributed by atoms with Gasteiger partial charge in [-0.05, 0) is 24.3 Å². The van der Waals surface area contributed by atoms with Crippen LogP contribution >= 0.6 is 11.3 Å². The smallest absolute Gasteiger partial charge is 0.196 e. The maximum atomic E-state index is 6.00. The zero-order chi connectivity index (χ0) is 13.2. The van der Waals surface area contributed by atoms with Crippen LogP contribution in [0.2, 0.25) is 0 Å². The van der Waals surface area contributed by atoms with E-state index in [1.165, 1.54) is 0 Å². The number of methoxy groups -OCH3 is 1. The summed E-state index contributed by atoms with van der Waals surface area (Å²) in [6.45, 7) is 0.640. The average Bonchev–Trinajstić information content (AvgIpc) is 3.08. The van der Waals surface area contributed by atoms with Crippen LogP contribution in [-0.2, 0) is 0 Å². The number of thiazole rings is 1. The van der Waals surface area contributed by atoms with Crippen molar-refractivity contribution >= 4 is 23.0 Å². The first-order valence-electron chi connectivity index (χ1n) is 5.91. The summed E-state index contributed by atoms with van der Waals surface area (Å²) in [5, 5.41) is 2.04. The molecule has 0 fully saturated rings. The predicted molar refractivity (Wildman–Crippen MR) is 76.8 cm³/mol. The highest BCUT2D eigenvalue weighted by Gasteiger charge is 2.30. The lowest BCUT2D eigenvalue weighted by Gasteiger charge is -2.25. The number of rotatable bonds is 3. The molecule has 98 valence electrons. The maximum absolute atomic E-state index is 6.00. The lowest BCUT2D eigenvalue weighted by Crippen LogP contribution is -2.36. The van der Waals surface area contributed by atoms with Gasteiger partial charge in [0.05, 0.1) is 30.9 Å². The summed E-state index contributed by atoms with van der Waals surface area (Å²) < 4.78 is 5.17. The maximum Gasteiger partial charge on any atom is 0.196 e. The highest BCUT2D eigenvalue weighted by molar-refractivity contribution is 7.07. The van der Waals surface area contributed by atoms with Crippen molar-refractivity contribution in [1.82, 2.24) is 4.98 Å². The molecule has 0 bridgehead atoms. The summed E-state index contributed by atoms with van der Waals surface area (Å²) in [5.74, 6) is 1.35. The zero-order valence-corrected chi connectivity index (χ0v) is 11.3. The molecule has 2 aromatic rings. The van der Waals surface area contributed by atoms with E-state index in [9.17, 15) is 0 Å². The predicted octanol–water partition coefficient (Wildman–Crippen LogP) is 2.03. The van der Waals surface area contributed by atoms with E-state index in [1.807, 2.05) is 40.1 Å². The van der Waals surface area contributed by atoms with Crippen molar-refractivity contribution in [3.63, 3.8) is 0 Å². The van der Waals surface area contributed by atoms with Crippen LogP contribution < -0.4 is 15.4 Å². The van der Waals surface area contributed by atoms with Crippen LogP contribution in [0.5, 0.6) is 5.75 Å². The van der Waals surface area contributed by atoms with Gasteiger partial charge in [-0.3, -0.25) is 4.99 Å². The SMILES string of the molecule is COc1ccc(N2C(N)=NCC2c2cscn2)cc1. The molecule has 1 aliphatic heterocycles. The Morgan fingerprint density at radius 3 is 2.79 bits per heavy atom. The Morgan fingerprint density at radius 2 is 2.16 bits per heavy atom. The van der Waals surface area contributed by atoms with Gasteiger partial charge in [-0.25, -0.2) is 4.98 Å². The number of nitrogens with zero attached hydrogens (tertiary/aromatic N) is 3. The standard InChI is InChI=1S/C13H14N4OS/c1-18-10-4-2-9(3-5-10)17-12(6-15-13(17)14)11-7-19-8-16-11/h2-5,7-8,12H,6H2,1H3,(H2,14,15). The highest BCUT2D eigenvalue weighted by atomic mass is 32.1. The fraction of sp³-hybridized carbons (Fsp3) is 0.231. The van der Waals surface area contributed by atoms with Crippen molar-refractivity contribution in [3.8, 4) is 5.75 Å². The Hall–Kier alpha value is -2.08. The molecule has 0 spiro atoms. The van der Waals surface area contributed by atoms with Gasteiger partial charge < -0.3 is 15.4 Å². The Kier molecular flexibility index (Phi) is 3.08. The van der Waals surface area contributed by atoms with Crippen molar-refractivity contribution in [2.75, 3.05) is 18.6 Å². The van der Waals surface area contributed by atoms with Gasteiger partial charge in [-0.2, -0.15) is 0 Å². The summed E-state index contributed by atoms with van der Waals surface area (Å²) in [6, 6.07) is 7.87. The lowest BCUT2D eigenvalue weighted by molar-refractivity contribution is 0.415. The van der Waals surface area contributed by atoms with Crippen LogP contribution in [-0.4, -0.2) is 24.6 Å². The van der Waals surface area contributed by atoms with Crippen LogP contribution in [0.15, 0.2) is 40.1 Å². The Morgan fingerprint density at radius 1 is 1.37 bits per heavy atom. The molecule has 5 nitrogen and oxygen atoms in total. The molecular weight excluding hydrogens is 260 g/mol. The number of benzene rings is 1. The molecule has 0 radical (unpaired) electrons. The third-order valence-electron chi connectivity index (χ3n) is 3.13. The molecule has 6 heteroatoms. The van der Waals surface area contributed by atoms with E-state index in [0.29, 0.717) is 12.5 Å². The van der Waals surface area contributed by atoms with Gasteiger partial charge in [0.2, 0.25) is 0 Å². The van der Waals surface area contributed by atoms with Gasteiger partial charge in [-0.15, -0.1) is 11.3 Å². The van der Waals surface area contributed by atoms with Gasteiger partial charge in [0.1, 0.15) is 5.75 Å². The molecule has 1 atom stereocenters. The van der Waals surface area contributed by atoms with Gasteiger partial charge >= 0.3 is 0 Å². The van der Waals surface area contributed by atoms with Crippen molar-refractivity contribution in [2.24, 2.45) is 10.7 Å². The summed E-state index contributed by atoms with van der Waals surface area (Å²) in [7, 11) is 1.65. The molecule has 2 heterocycles. The minimum Gasteiger partial charge on any atom is -0.497 e. The average molecular weight is 274 g/mol. The van der Waals surface area contributed by atoms with Crippen molar-refractivity contribution in [3.05, 3.63) is 40.8 Å². The van der Waals surface area contributed by atoms with Gasteiger partial charge in [0.25, 0.3) is 0 Å². The molecular formula is C13H14N4OS. The summed E-state index contributed by atoms with van der Waals surface area (Å²) in [6.07, 6.45) is 0.